The Balaban J connectivity index is 2.40. The minimum Gasteiger partial charge on any atom is -0.493 e. The zero-order chi connectivity index (χ0) is 16.4. The van der Waals surface area contributed by atoms with Gasteiger partial charge < -0.3 is 24.4 Å². The van der Waals surface area contributed by atoms with E-state index in [9.17, 15) is 5.11 Å². The molecule has 0 unspecified atom stereocenters. The SMILES string of the molecule is CCN(CCO)C[C@H](O)COCc1ccc(OC)c(OC)c1. The molecule has 1 aromatic rings. The van der Waals surface area contributed by atoms with Gasteiger partial charge in [-0.05, 0) is 24.2 Å². The summed E-state index contributed by atoms with van der Waals surface area (Å²) >= 11 is 0. The van der Waals surface area contributed by atoms with Crippen LogP contribution in [0.2, 0.25) is 0 Å². The van der Waals surface area contributed by atoms with Gasteiger partial charge in [-0.3, -0.25) is 4.90 Å². The van der Waals surface area contributed by atoms with Crippen molar-refractivity contribution in [2.24, 2.45) is 0 Å². The van der Waals surface area contributed by atoms with E-state index in [-0.39, 0.29) is 13.2 Å². The molecule has 1 rings (SSSR count). The highest BCUT2D eigenvalue weighted by atomic mass is 16.5. The van der Waals surface area contributed by atoms with E-state index in [2.05, 4.69) is 0 Å². The van der Waals surface area contributed by atoms with Crippen LogP contribution in [0.5, 0.6) is 11.5 Å². The van der Waals surface area contributed by atoms with Crippen molar-refractivity contribution in [3.05, 3.63) is 23.8 Å². The summed E-state index contributed by atoms with van der Waals surface area (Å²) in [5.41, 5.74) is 0.951. The molecule has 0 aliphatic heterocycles. The first-order chi connectivity index (χ1) is 10.6. The molecule has 0 heterocycles. The zero-order valence-corrected chi connectivity index (χ0v) is 13.6. The van der Waals surface area contributed by atoms with Crippen molar-refractivity contribution < 1.29 is 24.4 Å². The number of hydrogen-bond donors (Lipinski definition) is 2. The fraction of sp³-hybridized carbons (Fsp3) is 0.625. The fourth-order valence-electron chi connectivity index (χ4n) is 2.15. The van der Waals surface area contributed by atoms with Crippen LogP contribution in [0.15, 0.2) is 18.2 Å². The van der Waals surface area contributed by atoms with Crippen molar-refractivity contribution in [3.63, 3.8) is 0 Å². The molecule has 126 valence electrons. The molecule has 0 fully saturated rings. The highest BCUT2D eigenvalue weighted by molar-refractivity contribution is 5.42. The lowest BCUT2D eigenvalue weighted by Gasteiger charge is -2.22. The van der Waals surface area contributed by atoms with Crippen molar-refractivity contribution in [1.82, 2.24) is 4.90 Å². The summed E-state index contributed by atoms with van der Waals surface area (Å²) in [5.74, 6) is 1.33. The molecule has 0 bridgehead atoms. The molecule has 1 atom stereocenters. The Bertz CT molecular complexity index is 427. The van der Waals surface area contributed by atoms with E-state index in [4.69, 9.17) is 19.3 Å². The molecule has 0 amide bonds. The van der Waals surface area contributed by atoms with Crippen LogP contribution in [-0.4, -0.2) is 68.3 Å². The molecular formula is C16H27NO5. The Hall–Kier alpha value is -1.34. The second kappa shape index (κ2) is 10.4. The Morgan fingerprint density at radius 1 is 1.18 bits per heavy atom. The minimum absolute atomic E-state index is 0.0903. The van der Waals surface area contributed by atoms with Gasteiger partial charge in [-0.2, -0.15) is 0 Å². The van der Waals surface area contributed by atoms with Crippen LogP contribution >= 0.6 is 0 Å². The van der Waals surface area contributed by atoms with Crippen LogP contribution in [0.3, 0.4) is 0 Å². The highest BCUT2D eigenvalue weighted by Crippen LogP contribution is 2.27. The maximum atomic E-state index is 9.95. The van der Waals surface area contributed by atoms with Crippen LogP contribution in [0, 0.1) is 0 Å². The fourth-order valence-corrected chi connectivity index (χ4v) is 2.15. The van der Waals surface area contributed by atoms with Gasteiger partial charge in [-0.25, -0.2) is 0 Å². The van der Waals surface area contributed by atoms with Gasteiger partial charge in [-0.1, -0.05) is 13.0 Å². The molecule has 0 radical (unpaired) electrons. The predicted molar refractivity (Wildman–Crippen MR) is 84.4 cm³/mol. The van der Waals surface area contributed by atoms with Gasteiger partial charge >= 0.3 is 0 Å². The molecule has 0 aliphatic rings. The summed E-state index contributed by atoms with van der Waals surface area (Å²) in [6, 6.07) is 5.58. The van der Waals surface area contributed by atoms with Crippen LogP contribution in [0.1, 0.15) is 12.5 Å². The lowest BCUT2D eigenvalue weighted by molar-refractivity contribution is 0.00849. The third-order valence-corrected chi connectivity index (χ3v) is 3.36. The van der Waals surface area contributed by atoms with Crippen molar-refractivity contribution in [3.8, 4) is 11.5 Å². The first-order valence-corrected chi connectivity index (χ1v) is 7.44. The van der Waals surface area contributed by atoms with Crippen molar-refractivity contribution in [2.75, 3.05) is 47.1 Å². The average Bonchev–Trinajstić information content (AvgIpc) is 2.54. The maximum absolute atomic E-state index is 9.95. The Morgan fingerprint density at radius 3 is 2.50 bits per heavy atom. The van der Waals surface area contributed by atoms with Crippen LogP contribution in [0.4, 0.5) is 0 Å². The molecule has 0 aliphatic carbocycles. The molecular weight excluding hydrogens is 286 g/mol. The van der Waals surface area contributed by atoms with E-state index >= 15 is 0 Å². The standard InChI is InChI=1S/C16H27NO5/c1-4-17(7-8-18)10-14(19)12-22-11-13-5-6-15(20-2)16(9-13)21-3/h5-6,9,14,18-19H,4,7-8,10-12H2,1-3H3/t14-/m0/s1. The maximum Gasteiger partial charge on any atom is 0.161 e. The molecule has 0 saturated carbocycles. The van der Waals surface area contributed by atoms with Gasteiger partial charge in [0.1, 0.15) is 0 Å². The summed E-state index contributed by atoms with van der Waals surface area (Å²) in [5, 5.41) is 18.9. The molecule has 6 heteroatoms. The van der Waals surface area contributed by atoms with Crippen molar-refractivity contribution in [2.45, 2.75) is 19.6 Å². The highest BCUT2D eigenvalue weighted by Gasteiger charge is 2.11. The van der Waals surface area contributed by atoms with E-state index in [0.717, 1.165) is 12.1 Å². The largest absolute Gasteiger partial charge is 0.493 e. The molecule has 6 nitrogen and oxygen atoms in total. The molecule has 22 heavy (non-hydrogen) atoms. The number of aliphatic hydroxyl groups is 2. The Labute approximate surface area is 132 Å². The first kappa shape index (κ1) is 18.7. The first-order valence-electron chi connectivity index (χ1n) is 7.44. The Kier molecular flexibility index (Phi) is 8.84. The van der Waals surface area contributed by atoms with Gasteiger partial charge in [0.25, 0.3) is 0 Å². The van der Waals surface area contributed by atoms with E-state index in [1.807, 2.05) is 30.0 Å². The number of ether oxygens (including phenoxy) is 3. The summed E-state index contributed by atoms with van der Waals surface area (Å²) in [6.45, 7) is 4.55. The number of methoxy groups -OCH3 is 2. The van der Waals surface area contributed by atoms with E-state index in [1.54, 1.807) is 14.2 Å². The van der Waals surface area contributed by atoms with Gasteiger partial charge in [-0.15, -0.1) is 0 Å². The van der Waals surface area contributed by atoms with Crippen LogP contribution in [-0.2, 0) is 11.3 Å². The quantitative estimate of drug-likeness (QED) is 0.632. The summed E-state index contributed by atoms with van der Waals surface area (Å²) < 4.78 is 16.0. The summed E-state index contributed by atoms with van der Waals surface area (Å²) in [7, 11) is 3.18. The number of hydrogen-bond acceptors (Lipinski definition) is 6. The minimum atomic E-state index is -0.577. The van der Waals surface area contributed by atoms with Crippen LogP contribution in [0.25, 0.3) is 0 Å². The topological polar surface area (TPSA) is 71.4 Å². The second-order valence-corrected chi connectivity index (χ2v) is 4.98. The third kappa shape index (κ3) is 6.19. The van der Waals surface area contributed by atoms with Crippen molar-refractivity contribution >= 4 is 0 Å². The number of aliphatic hydroxyl groups excluding tert-OH is 2. The number of nitrogens with zero attached hydrogens (tertiary/aromatic N) is 1. The lowest BCUT2D eigenvalue weighted by atomic mass is 10.2. The average molecular weight is 313 g/mol. The molecule has 1 aromatic carbocycles. The van der Waals surface area contributed by atoms with Crippen molar-refractivity contribution in [1.29, 1.82) is 0 Å². The predicted octanol–water partition coefficient (Wildman–Crippen LogP) is 0.895. The summed E-state index contributed by atoms with van der Waals surface area (Å²) in [6.07, 6.45) is -0.577. The van der Waals surface area contributed by atoms with E-state index < -0.39 is 6.10 Å². The number of likely N-dealkylation sites (N-methyl/N-ethyl adjacent to an activating group) is 1. The van der Waals surface area contributed by atoms with Gasteiger partial charge in [0.15, 0.2) is 11.5 Å². The molecule has 0 saturated heterocycles. The Morgan fingerprint density at radius 2 is 1.91 bits per heavy atom. The van der Waals surface area contributed by atoms with Gasteiger partial charge in [0.05, 0.1) is 40.1 Å². The van der Waals surface area contributed by atoms with Gasteiger partial charge in [0.2, 0.25) is 0 Å². The number of benzene rings is 1. The molecule has 0 aromatic heterocycles. The van der Waals surface area contributed by atoms with Gasteiger partial charge in [0, 0.05) is 13.1 Å². The molecule has 2 N–H and O–H groups in total. The molecule has 0 spiro atoms. The smallest absolute Gasteiger partial charge is 0.161 e. The third-order valence-electron chi connectivity index (χ3n) is 3.36. The van der Waals surface area contributed by atoms with E-state index in [1.165, 1.54) is 0 Å². The number of rotatable bonds is 11. The second-order valence-electron chi connectivity index (χ2n) is 4.98. The lowest BCUT2D eigenvalue weighted by Crippen LogP contribution is -2.36. The summed E-state index contributed by atoms with van der Waals surface area (Å²) in [4.78, 5) is 1.98. The zero-order valence-electron chi connectivity index (χ0n) is 13.6. The normalized spacial score (nSPS) is 12.5. The van der Waals surface area contributed by atoms with E-state index in [0.29, 0.717) is 31.2 Å². The van der Waals surface area contributed by atoms with Crippen LogP contribution < -0.4 is 9.47 Å². The monoisotopic (exact) mass is 313 g/mol.